The summed E-state index contributed by atoms with van der Waals surface area (Å²) in [6.07, 6.45) is -4.21. The molecule has 0 spiro atoms. The van der Waals surface area contributed by atoms with Crippen molar-refractivity contribution in [3.05, 3.63) is 0 Å². The SMILES string of the molecule is CCOC1OC[C@@H](O)[C@H](O)[C@H]1O. The third kappa shape index (κ3) is 1.94. The van der Waals surface area contributed by atoms with Gasteiger partial charge in [0.1, 0.15) is 18.3 Å². The first-order valence-corrected chi connectivity index (χ1v) is 3.94. The maximum Gasteiger partial charge on any atom is 0.186 e. The highest BCUT2D eigenvalue weighted by Crippen LogP contribution is 2.15. The largest absolute Gasteiger partial charge is 0.388 e. The van der Waals surface area contributed by atoms with Gasteiger partial charge in [0.2, 0.25) is 0 Å². The molecule has 0 aromatic heterocycles. The molecule has 1 fully saturated rings. The molecular weight excluding hydrogens is 164 g/mol. The van der Waals surface area contributed by atoms with E-state index < -0.39 is 24.6 Å². The fourth-order valence-corrected chi connectivity index (χ4v) is 1.09. The molecule has 1 aliphatic heterocycles. The van der Waals surface area contributed by atoms with Crippen LogP contribution in [0.4, 0.5) is 0 Å². The lowest BCUT2D eigenvalue weighted by molar-refractivity contribution is -0.268. The Morgan fingerprint density at radius 2 is 2.00 bits per heavy atom. The van der Waals surface area contributed by atoms with Gasteiger partial charge in [-0.1, -0.05) is 0 Å². The number of aliphatic hydroxyl groups excluding tert-OH is 3. The molecule has 5 heteroatoms. The Balaban J connectivity index is 2.46. The van der Waals surface area contributed by atoms with E-state index in [4.69, 9.17) is 14.6 Å². The van der Waals surface area contributed by atoms with Crippen molar-refractivity contribution in [3.63, 3.8) is 0 Å². The van der Waals surface area contributed by atoms with Crippen molar-refractivity contribution in [2.24, 2.45) is 0 Å². The molecule has 0 bridgehead atoms. The first-order valence-electron chi connectivity index (χ1n) is 3.94. The van der Waals surface area contributed by atoms with E-state index in [1.165, 1.54) is 0 Å². The molecule has 1 heterocycles. The van der Waals surface area contributed by atoms with Gasteiger partial charge in [0.05, 0.1) is 6.61 Å². The topological polar surface area (TPSA) is 79.2 Å². The van der Waals surface area contributed by atoms with Crippen molar-refractivity contribution in [2.75, 3.05) is 13.2 Å². The molecule has 0 aromatic carbocycles. The Hall–Kier alpha value is -0.200. The molecule has 1 unspecified atom stereocenters. The van der Waals surface area contributed by atoms with Crippen LogP contribution in [-0.4, -0.2) is 53.1 Å². The smallest absolute Gasteiger partial charge is 0.186 e. The second-order valence-corrected chi connectivity index (χ2v) is 2.71. The maximum atomic E-state index is 9.28. The highest BCUT2D eigenvalue weighted by atomic mass is 16.7. The lowest BCUT2D eigenvalue weighted by Crippen LogP contribution is -2.53. The molecule has 1 rings (SSSR count). The van der Waals surface area contributed by atoms with Gasteiger partial charge in [-0.05, 0) is 6.92 Å². The molecule has 0 aromatic rings. The highest BCUT2D eigenvalue weighted by molar-refractivity contribution is 4.82. The summed E-state index contributed by atoms with van der Waals surface area (Å²) >= 11 is 0. The van der Waals surface area contributed by atoms with E-state index in [0.717, 1.165) is 0 Å². The maximum absolute atomic E-state index is 9.28. The summed E-state index contributed by atoms with van der Waals surface area (Å²) in [7, 11) is 0. The van der Waals surface area contributed by atoms with Crippen molar-refractivity contribution >= 4 is 0 Å². The molecule has 0 aliphatic carbocycles. The lowest BCUT2D eigenvalue weighted by atomic mass is 10.1. The van der Waals surface area contributed by atoms with Gasteiger partial charge in [-0.15, -0.1) is 0 Å². The molecule has 1 saturated heterocycles. The number of hydrogen-bond acceptors (Lipinski definition) is 5. The molecular formula is C7H14O5. The van der Waals surface area contributed by atoms with E-state index in [-0.39, 0.29) is 6.61 Å². The van der Waals surface area contributed by atoms with Crippen LogP contribution in [-0.2, 0) is 9.47 Å². The number of aliphatic hydroxyl groups is 3. The number of rotatable bonds is 2. The highest BCUT2D eigenvalue weighted by Gasteiger charge is 2.37. The number of hydrogen-bond donors (Lipinski definition) is 3. The fourth-order valence-electron chi connectivity index (χ4n) is 1.09. The van der Waals surface area contributed by atoms with Gasteiger partial charge < -0.3 is 24.8 Å². The van der Waals surface area contributed by atoms with E-state index >= 15 is 0 Å². The summed E-state index contributed by atoms with van der Waals surface area (Å²) in [5, 5.41) is 27.5. The fraction of sp³-hybridized carbons (Fsp3) is 1.00. The predicted octanol–water partition coefficient (Wildman–Crippen LogP) is -1.54. The number of ether oxygens (including phenoxy) is 2. The molecule has 3 N–H and O–H groups in total. The molecule has 5 nitrogen and oxygen atoms in total. The molecule has 1 aliphatic rings. The minimum Gasteiger partial charge on any atom is -0.388 e. The summed E-state index contributed by atoms with van der Waals surface area (Å²) in [6.45, 7) is 2.14. The van der Waals surface area contributed by atoms with Gasteiger partial charge in [-0.3, -0.25) is 0 Å². The van der Waals surface area contributed by atoms with E-state index in [2.05, 4.69) is 0 Å². The average Bonchev–Trinajstić information content (AvgIpc) is 2.07. The van der Waals surface area contributed by atoms with Gasteiger partial charge in [-0.25, -0.2) is 0 Å². The van der Waals surface area contributed by atoms with E-state index in [1.54, 1.807) is 6.92 Å². The van der Waals surface area contributed by atoms with Crippen molar-refractivity contribution < 1.29 is 24.8 Å². The lowest BCUT2D eigenvalue weighted by Gasteiger charge is -2.34. The molecule has 0 radical (unpaired) electrons. The van der Waals surface area contributed by atoms with Crippen molar-refractivity contribution in [2.45, 2.75) is 31.5 Å². The van der Waals surface area contributed by atoms with Crippen LogP contribution in [0.25, 0.3) is 0 Å². The predicted molar refractivity (Wildman–Crippen MR) is 39.4 cm³/mol. The Labute approximate surface area is 70.5 Å². The summed E-state index contributed by atoms with van der Waals surface area (Å²) in [5.41, 5.74) is 0. The molecule has 0 saturated carbocycles. The van der Waals surface area contributed by atoms with Crippen LogP contribution >= 0.6 is 0 Å². The zero-order valence-corrected chi connectivity index (χ0v) is 6.88. The van der Waals surface area contributed by atoms with Crippen molar-refractivity contribution in [1.29, 1.82) is 0 Å². The van der Waals surface area contributed by atoms with Gasteiger partial charge in [0.15, 0.2) is 6.29 Å². The van der Waals surface area contributed by atoms with Crippen LogP contribution in [0, 0.1) is 0 Å². The van der Waals surface area contributed by atoms with Gasteiger partial charge >= 0.3 is 0 Å². The third-order valence-corrected chi connectivity index (χ3v) is 1.79. The Bertz CT molecular complexity index is 140. The van der Waals surface area contributed by atoms with Crippen LogP contribution in [0.2, 0.25) is 0 Å². The van der Waals surface area contributed by atoms with Crippen molar-refractivity contribution in [3.8, 4) is 0 Å². The zero-order chi connectivity index (χ0) is 9.14. The van der Waals surface area contributed by atoms with E-state index in [9.17, 15) is 10.2 Å². The van der Waals surface area contributed by atoms with Crippen LogP contribution < -0.4 is 0 Å². The Morgan fingerprint density at radius 3 is 2.58 bits per heavy atom. The first kappa shape index (κ1) is 9.88. The van der Waals surface area contributed by atoms with Gasteiger partial charge in [-0.2, -0.15) is 0 Å². The van der Waals surface area contributed by atoms with E-state index in [0.29, 0.717) is 6.61 Å². The normalized spacial score (nSPS) is 43.0. The summed E-state index contributed by atoms with van der Waals surface area (Å²) in [4.78, 5) is 0. The Kier molecular flexibility index (Phi) is 3.42. The van der Waals surface area contributed by atoms with E-state index in [1.807, 2.05) is 0 Å². The molecule has 0 amide bonds. The molecule has 72 valence electrons. The second kappa shape index (κ2) is 4.15. The zero-order valence-electron chi connectivity index (χ0n) is 6.88. The van der Waals surface area contributed by atoms with Crippen molar-refractivity contribution in [1.82, 2.24) is 0 Å². The van der Waals surface area contributed by atoms with Crippen LogP contribution in [0.15, 0.2) is 0 Å². The molecule has 4 atom stereocenters. The monoisotopic (exact) mass is 178 g/mol. The minimum atomic E-state index is -1.18. The second-order valence-electron chi connectivity index (χ2n) is 2.71. The summed E-state index contributed by atoms with van der Waals surface area (Å²) < 4.78 is 9.90. The van der Waals surface area contributed by atoms with Crippen LogP contribution in [0.3, 0.4) is 0 Å². The van der Waals surface area contributed by atoms with Gasteiger partial charge in [0, 0.05) is 6.61 Å². The van der Waals surface area contributed by atoms with Gasteiger partial charge in [0.25, 0.3) is 0 Å². The third-order valence-electron chi connectivity index (χ3n) is 1.79. The standard InChI is InChI=1S/C7H14O5/c1-2-11-7-6(10)5(9)4(8)3-12-7/h4-10H,2-3H2,1H3/t4-,5+,6-,7?/m1/s1. The first-order chi connectivity index (χ1) is 5.66. The van der Waals surface area contributed by atoms with Crippen LogP contribution in [0.1, 0.15) is 6.92 Å². The summed E-state index contributed by atoms with van der Waals surface area (Å²) in [5.74, 6) is 0. The minimum absolute atomic E-state index is 0.0110. The Morgan fingerprint density at radius 1 is 1.33 bits per heavy atom. The van der Waals surface area contributed by atoms with Crippen LogP contribution in [0.5, 0.6) is 0 Å². The molecule has 12 heavy (non-hydrogen) atoms. The average molecular weight is 178 g/mol. The summed E-state index contributed by atoms with van der Waals surface area (Å²) in [6, 6.07) is 0. The quantitative estimate of drug-likeness (QED) is 0.477.